The molecule has 0 amide bonds. The number of fused-ring (bicyclic) bond motifs is 1. The first-order valence-corrected chi connectivity index (χ1v) is 9.13. The van der Waals surface area contributed by atoms with E-state index in [1.54, 1.807) is 12.1 Å². The first-order chi connectivity index (χ1) is 12.1. The predicted molar refractivity (Wildman–Crippen MR) is 94.9 cm³/mol. The third-order valence-corrected chi connectivity index (χ3v) is 5.94. The van der Waals surface area contributed by atoms with E-state index < -0.39 is 11.9 Å². The minimum absolute atomic E-state index is 0.000744. The molecule has 0 aliphatic carbocycles. The summed E-state index contributed by atoms with van der Waals surface area (Å²) in [5.41, 5.74) is 0.455. The van der Waals surface area contributed by atoms with Crippen LogP contribution in [0.3, 0.4) is 0 Å². The zero-order valence-corrected chi connectivity index (χ0v) is 15.1. The number of likely N-dealkylation sites (N-methyl/N-ethyl adjacent to an activating group) is 1. The molecule has 1 saturated heterocycles. The maximum atomic E-state index is 14.8. The number of piperazine rings is 1. The van der Waals surface area contributed by atoms with Crippen molar-refractivity contribution in [1.82, 2.24) is 24.4 Å². The molecule has 9 heteroatoms. The quantitative estimate of drug-likeness (QED) is 0.755. The maximum Gasteiger partial charge on any atom is 0.230 e. The molecule has 1 aromatic carbocycles. The van der Waals surface area contributed by atoms with Gasteiger partial charge in [0.15, 0.2) is 0 Å². The van der Waals surface area contributed by atoms with Gasteiger partial charge in [-0.15, -0.1) is 0 Å². The van der Waals surface area contributed by atoms with Crippen LogP contribution in [0.5, 0.6) is 5.88 Å². The Bertz CT molecular complexity index is 905. The monoisotopic (exact) mass is 381 g/mol. The highest BCUT2D eigenvalue weighted by Crippen LogP contribution is 2.41. The largest absolute Gasteiger partial charge is 0.492 e. The average molecular weight is 382 g/mol. The van der Waals surface area contributed by atoms with E-state index in [-0.39, 0.29) is 10.9 Å². The number of rotatable bonds is 3. The molecule has 1 atom stereocenters. The van der Waals surface area contributed by atoms with Gasteiger partial charge < -0.3 is 10.0 Å². The Balaban J connectivity index is 1.84. The highest BCUT2D eigenvalue weighted by atomic mass is 35.5. The van der Waals surface area contributed by atoms with Crippen LogP contribution in [-0.4, -0.2) is 62.7 Å². The third-order valence-electron chi connectivity index (χ3n) is 4.57. The van der Waals surface area contributed by atoms with Crippen LogP contribution in [0.2, 0.25) is 5.02 Å². The highest BCUT2D eigenvalue weighted by Gasteiger charge is 2.33. The lowest BCUT2D eigenvalue weighted by Crippen LogP contribution is -2.46. The second-order valence-electron chi connectivity index (χ2n) is 6.13. The number of hydrogen-bond donors (Lipinski definition) is 1. The van der Waals surface area contributed by atoms with Gasteiger partial charge in [-0.05, 0) is 13.1 Å². The van der Waals surface area contributed by atoms with Crippen molar-refractivity contribution in [3.05, 3.63) is 45.8 Å². The molecule has 1 aliphatic heterocycles. The first-order valence-electron chi connectivity index (χ1n) is 7.94. The van der Waals surface area contributed by atoms with Gasteiger partial charge in [-0.3, -0.25) is 4.90 Å². The summed E-state index contributed by atoms with van der Waals surface area (Å²) in [5.74, 6) is -0.452. The van der Waals surface area contributed by atoms with E-state index in [4.69, 9.17) is 11.6 Å². The van der Waals surface area contributed by atoms with Gasteiger partial charge in [0.05, 0.1) is 15.9 Å². The van der Waals surface area contributed by atoms with Crippen LogP contribution < -0.4 is 0 Å². The second-order valence-corrected chi connectivity index (χ2v) is 7.55. The fourth-order valence-corrected chi connectivity index (χ4v) is 4.45. The van der Waals surface area contributed by atoms with Gasteiger partial charge in [-0.25, -0.2) is 9.37 Å². The SMILES string of the molecule is CN1CCN([C@H](c2cccc(Cl)c2F)c2sc3ncnn3c2O)CC1. The summed E-state index contributed by atoms with van der Waals surface area (Å²) in [4.78, 5) is 9.73. The molecule has 0 bridgehead atoms. The molecule has 3 aromatic rings. The van der Waals surface area contributed by atoms with E-state index in [9.17, 15) is 9.50 Å². The summed E-state index contributed by atoms with van der Waals surface area (Å²) >= 11 is 7.33. The Morgan fingerprint density at radius 3 is 2.76 bits per heavy atom. The molecule has 0 spiro atoms. The molecule has 4 rings (SSSR count). The van der Waals surface area contributed by atoms with Crippen molar-refractivity contribution in [2.24, 2.45) is 0 Å². The van der Waals surface area contributed by atoms with Crippen LogP contribution in [0.25, 0.3) is 4.96 Å². The number of aromatic hydroxyl groups is 1. The molecule has 132 valence electrons. The molecular formula is C16H17ClFN5OS. The van der Waals surface area contributed by atoms with Crippen molar-refractivity contribution < 1.29 is 9.50 Å². The van der Waals surface area contributed by atoms with Crippen molar-refractivity contribution in [2.75, 3.05) is 33.2 Å². The van der Waals surface area contributed by atoms with Crippen molar-refractivity contribution in [3.63, 3.8) is 0 Å². The van der Waals surface area contributed by atoms with Crippen LogP contribution in [-0.2, 0) is 0 Å². The molecule has 1 aliphatic rings. The molecule has 0 radical (unpaired) electrons. The number of thiazole rings is 1. The van der Waals surface area contributed by atoms with Crippen LogP contribution in [0.15, 0.2) is 24.5 Å². The van der Waals surface area contributed by atoms with E-state index in [1.165, 1.54) is 28.2 Å². The summed E-state index contributed by atoms with van der Waals surface area (Å²) < 4.78 is 16.2. The second kappa shape index (κ2) is 6.53. The van der Waals surface area contributed by atoms with Crippen LogP contribution in [0, 0.1) is 5.82 Å². The van der Waals surface area contributed by atoms with Crippen molar-refractivity contribution >= 4 is 27.9 Å². The first kappa shape index (κ1) is 16.7. The van der Waals surface area contributed by atoms with Gasteiger partial charge in [0.25, 0.3) is 0 Å². The summed E-state index contributed by atoms with van der Waals surface area (Å²) in [6, 6.07) is 4.56. The number of aromatic nitrogens is 3. The molecule has 0 saturated carbocycles. The van der Waals surface area contributed by atoms with Crippen LogP contribution in [0.4, 0.5) is 4.39 Å². The highest BCUT2D eigenvalue weighted by molar-refractivity contribution is 7.17. The Labute approximate surface area is 153 Å². The average Bonchev–Trinajstić information content (AvgIpc) is 3.17. The Kier molecular flexibility index (Phi) is 4.36. The van der Waals surface area contributed by atoms with E-state index in [2.05, 4.69) is 26.9 Å². The van der Waals surface area contributed by atoms with E-state index in [1.807, 2.05) is 0 Å². The predicted octanol–water partition coefficient (Wildman–Crippen LogP) is 2.63. The number of benzene rings is 1. The third kappa shape index (κ3) is 2.89. The minimum Gasteiger partial charge on any atom is -0.492 e. The lowest BCUT2D eigenvalue weighted by molar-refractivity contribution is 0.125. The fraction of sp³-hybridized carbons (Fsp3) is 0.375. The maximum absolute atomic E-state index is 14.8. The fourth-order valence-electron chi connectivity index (χ4n) is 3.19. The van der Waals surface area contributed by atoms with Gasteiger partial charge in [0.2, 0.25) is 10.8 Å². The summed E-state index contributed by atoms with van der Waals surface area (Å²) in [6.07, 6.45) is 1.39. The molecule has 1 N–H and O–H groups in total. The van der Waals surface area contributed by atoms with Gasteiger partial charge in [0, 0.05) is 31.7 Å². The van der Waals surface area contributed by atoms with Crippen molar-refractivity contribution in [3.8, 4) is 5.88 Å². The molecule has 0 unspecified atom stereocenters. The Hall–Kier alpha value is -1.74. The topological polar surface area (TPSA) is 56.9 Å². The standard InChI is InChI=1S/C16H17ClFN5OS/c1-21-5-7-22(8-6-21)13(10-3-2-4-11(17)12(10)18)14-15(24)23-16(25-14)19-9-20-23/h2-4,9,13,24H,5-8H2,1H3/t13-/m1/s1. The Morgan fingerprint density at radius 2 is 2.04 bits per heavy atom. The van der Waals surface area contributed by atoms with Crippen LogP contribution in [0.1, 0.15) is 16.5 Å². The van der Waals surface area contributed by atoms with E-state index in [0.29, 0.717) is 15.4 Å². The number of hydrogen-bond acceptors (Lipinski definition) is 6. The zero-order valence-electron chi connectivity index (χ0n) is 13.6. The Morgan fingerprint density at radius 1 is 1.28 bits per heavy atom. The molecule has 2 aromatic heterocycles. The van der Waals surface area contributed by atoms with Gasteiger partial charge in [0.1, 0.15) is 12.1 Å². The molecule has 6 nitrogen and oxygen atoms in total. The van der Waals surface area contributed by atoms with E-state index in [0.717, 1.165) is 26.2 Å². The smallest absolute Gasteiger partial charge is 0.230 e. The van der Waals surface area contributed by atoms with Gasteiger partial charge in [-0.1, -0.05) is 35.1 Å². The molecule has 25 heavy (non-hydrogen) atoms. The van der Waals surface area contributed by atoms with Crippen molar-refractivity contribution in [1.29, 1.82) is 0 Å². The van der Waals surface area contributed by atoms with Gasteiger partial charge in [-0.2, -0.15) is 9.61 Å². The summed E-state index contributed by atoms with van der Waals surface area (Å²) in [6.45, 7) is 3.28. The minimum atomic E-state index is -0.452. The molecular weight excluding hydrogens is 365 g/mol. The number of halogens is 2. The normalized spacial score (nSPS) is 18.0. The summed E-state index contributed by atoms with van der Waals surface area (Å²) in [5, 5.41) is 14.7. The van der Waals surface area contributed by atoms with Crippen molar-refractivity contribution in [2.45, 2.75) is 6.04 Å². The molecule has 3 heterocycles. The van der Waals surface area contributed by atoms with Crippen LogP contribution >= 0.6 is 22.9 Å². The molecule has 1 fully saturated rings. The summed E-state index contributed by atoms with van der Waals surface area (Å²) in [7, 11) is 2.06. The zero-order chi connectivity index (χ0) is 17.6. The lowest BCUT2D eigenvalue weighted by Gasteiger charge is -2.37. The number of nitrogens with zero attached hydrogens (tertiary/aromatic N) is 5. The van der Waals surface area contributed by atoms with E-state index >= 15 is 0 Å². The lowest BCUT2D eigenvalue weighted by atomic mass is 10.0. The van der Waals surface area contributed by atoms with Gasteiger partial charge >= 0.3 is 0 Å².